The number of aliphatic hydroxyl groups is 1. The molecule has 0 radical (unpaired) electrons. The van der Waals surface area contributed by atoms with Crippen molar-refractivity contribution in [3.63, 3.8) is 0 Å². The lowest BCUT2D eigenvalue weighted by atomic mass is 10.2. The van der Waals surface area contributed by atoms with Crippen molar-refractivity contribution in [3.8, 4) is 0 Å². The van der Waals surface area contributed by atoms with Crippen molar-refractivity contribution in [2.75, 3.05) is 0 Å². The third-order valence-corrected chi connectivity index (χ3v) is 3.18. The van der Waals surface area contributed by atoms with Crippen molar-refractivity contribution in [2.45, 2.75) is 5.53 Å². The summed E-state index contributed by atoms with van der Waals surface area (Å²) in [6, 6.07) is 2.38. The molecule has 0 aromatic heterocycles. The van der Waals surface area contributed by atoms with Crippen LogP contribution in [-0.4, -0.2) is 14.9 Å². The summed E-state index contributed by atoms with van der Waals surface area (Å²) in [5.41, 5.74) is -4.33. The Bertz CT molecular complexity index is 481. The Labute approximate surface area is 95.3 Å². The molecule has 0 spiro atoms. The van der Waals surface area contributed by atoms with Gasteiger partial charge >= 0.3 is 21.8 Å². The van der Waals surface area contributed by atoms with E-state index < -0.39 is 39.0 Å². The molecule has 10 heteroatoms. The van der Waals surface area contributed by atoms with Gasteiger partial charge in [-0.15, -0.1) is 4.89 Å². The summed E-state index contributed by atoms with van der Waals surface area (Å²) in [4.78, 5) is 17.2. The van der Waals surface area contributed by atoms with E-state index in [1.807, 2.05) is 0 Å². The summed E-state index contributed by atoms with van der Waals surface area (Å²) in [6.45, 7) is 0. The van der Waals surface area contributed by atoms with E-state index in [1.54, 1.807) is 0 Å². The third-order valence-electron chi connectivity index (χ3n) is 1.77. The summed E-state index contributed by atoms with van der Waals surface area (Å²) in [5, 5.41) is 9.53. The molecule has 0 aliphatic rings. The van der Waals surface area contributed by atoms with E-state index in [2.05, 4.69) is 4.52 Å². The Hall–Kier alpha value is -0.880. The van der Waals surface area contributed by atoms with Crippen molar-refractivity contribution in [3.05, 3.63) is 35.4 Å². The number of hydrogen-bond acceptors (Lipinski definition) is 4. The Balaban J connectivity index is 3.37. The molecule has 3 atom stereocenters. The molecule has 17 heavy (non-hydrogen) atoms. The van der Waals surface area contributed by atoms with Crippen LogP contribution in [0.25, 0.3) is 0 Å². The minimum absolute atomic E-state index is 0.697. The second kappa shape index (κ2) is 5.18. The molecule has 0 aliphatic carbocycles. The Morgan fingerprint density at radius 1 is 1.24 bits per heavy atom. The SMILES string of the molecule is O=[P+](O)OC(O)(c1cccc(F)c1F)[P+](=O)O. The molecule has 3 unspecified atom stereocenters. The summed E-state index contributed by atoms with van der Waals surface area (Å²) in [7, 11) is -7.15. The molecule has 0 saturated carbocycles. The van der Waals surface area contributed by atoms with E-state index in [0.29, 0.717) is 6.07 Å². The molecular weight excluding hydrogens is 280 g/mol. The van der Waals surface area contributed by atoms with Crippen LogP contribution in [0.3, 0.4) is 0 Å². The summed E-state index contributed by atoms with van der Waals surface area (Å²) >= 11 is 0. The fourth-order valence-electron chi connectivity index (χ4n) is 1.05. The van der Waals surface area contributed by atoms with Gasteiger partial charge in [-0.1, -0.05) is 6.07 Å². The molecule has 1 rings (SSSR count). The van der Waals surface area contributed by atoms with Crippen LogP contribution < -0.4 is 0 Å². The largest absolute Gasteiger partial charge is 0.702 e. The van der Waals surface area contributed by atoms with E-state index in [0.717, 1.165) is 12.1 Å². The Kier molecular flexibility index (Phi) is 4.32. The second-order valence-corrected chi connectivity index (χ2v) is 4.62. The van der Waals surface area contributed by atoms with Gasteiger partial charge in [0.2, 0.25) is 0 Å². The zero-order valence-electron chi connectivity index (χ0n) is 7.95. The first-order valence-corrected chi connectivity index (χ1v) is 6.31. The zero-order valence-corrected chi connectivity index (χ0v) is 9.74. The van der Waals surface area contributed by atoms with Gasteiger partial charge in [0.25, 0.3) is 0 Å². The van der Waals surface area contributed by atoms with Crippen LogP contribution in [0.1, 0.15) is 5.56 Å². The molecule has 0 bridgehead atoms. The molecule has 1 aromatic rings. The van der Waals surface area contributed by atoms with Crippen LogP contribution in [0.5, 0.6) is 0 Å². The van der Waals surface area contributed by atoms with Gasteiger partial charge in [0.05, 0.1) is 0 Å². The maximum Gasteiger partial charge on any atom is 0.702 e. The number of hydrogen-bond donors (Lipinski definition) is 3. The number of halogens is 2. The first-order valence-electron chi connectivity index (χ1n) is 3.97. The van der Waals surface area contributed by atoms with Crippen molar-refractivity contribution < 1.29 is 37.3 Å². The maximum absolute atomic E-state index is 13.3. The van der Waals surface area contributed by atoms with Gasteiger partial charge in [-0.2, -0.15) is 4.89 Å². The summed E-state index contributed by atoms with van der Waals surface area (Å²) in [6.07, 6.45) is 0. The lowest BCUT2D eigenvalue weighted by molar-refractivity contribution is -0.0768. The molecule has 3 N–H and O–H groups in total. The minimum Gasteiger partial charge on any atom is -0.317 e. The molecule has 0 amide bonds. The van der Waals surface area contributed by atoms with Crippen LogP contribution in [0.4, 0.5) is 8.78 Å². The molecule has 92 valence electrons. The van der Waals surface area contributed by atoms with Crippen molar-refractivity contribution in [2.24, 2.45) is 0 Å². The number of rotatable bonds is 4. The second-order valence-electron chi connectivity index (χ2n) is 2.81. The average molecular weight is 286 g/mol. The van der Waals surface area contributed by atoms with Crippen molar-refractivity contribution in [1.82, 2.24) is 0 Å². The van der Waals surface area contributed by atoms with Crippen molar-refractivity contribution in [1.29, 1.82) is 0 Å². The van der Waals surface area contributed by atoms with E-state index >= 15 is 0 Å². The molecule has 0 heterocycles. The summed E-state index contributed by atoms with van der Waals surface area (Å²) < 4.78 is 51.3. The summed E-state index contributed by atoms with van der Waals surface area (Å²) in [5.74, 6) is -3.06. The van der Waals surface area contributed by atoms with E-state index in [-0.39, 0.29) is 0 Å². The molecular formula is C7H6F2O6P2+2. The van der Waals surface area contributed by atoms with Gasteiger partial charge in [0, 0.05) is 4.57 Å². The molecule has 1 aromatic carbocycles. The Morgan fingerprint density at radius 2 is 1.82 bits per heavy atom. The zero-order chi connectivity index (χ0) is 13.2. The van der Waals surface area contributed by atoms with E-state index in [9.17, 15) is 23.0 Å². The smallest absolute Gasteiger partial charge is 0.317 e. The van der Waals surface area contributed by atoms with Gasteiger partial charge in [0.15, 0.2) is 11.6 Å². The molecule has 0 aliphatic heterocycles. The van der Waals surface area contributed by atoms with Crippen LogP contribution in [-0.2, 0) is 19.2 Å². The third kappa shape index (κ3) is 2.87. The van der Waals surface area contributed by atoms with Crippen LogP contribution in [0.15, 0.2) is 18.2 Å². The predicted molar refractivity (Wildman–Crippen MR) is 51.0 cm³/mol. The number of benzene rings is 1. The fourth-order valence-corrected chi connectivity index (χ4v) is 2.24. The quantitative estimate of drug-likeness (QED) is 0.572. The molecule has 0 fully saturated rings. The first-order chi connectivity index (χ1) is 7.79. The highest BCUT2D eigenvalue weighted by Crippen LogP contribution is 2.48. The first kappa shape index (κ1) is 14.2. The van der Waals surface area contributed by atoms with Gasteiger partial charge in [0.1, 0.15) is 5.56 Å². The van der Waals surface area contributed by atoms with Crippen LogP contribution >= 0.6 is 16.3 Å². The highest BCUT2D eigenvalue weighted by atomic mass is 31.1. The van der Waals surface area contributed by atoms with Gasteiger partial charge in [-0.05, 0) is 21.2 Å². The standard InChI is InChI=1S/C7H4F2O6P2/c8-5-3-1-2-4(6(5)9)7(10,16(11)12)15-17(13)14/h1-3,10H/p+2. The topological polar surface area (TPSA) is 104 Å². The average Bonchev–Trinajstić information content (AvgIpc) is 2.20. The van der Waals surface area contributed by atoms with Gasteiger partial charge < -0.3 is 5.11 Å². The Morgan fingerprint density at radius 3 is 2.29 bits per heavy atom. The fraction of sp³-hybridized carbons (Fsp3) is 0.143. The van der Waals surface area contributed by atoms with Crippen LogP contribution in [0.2, 0.25) is 0 Å². The van der Waals surface area contributed by atoms with Gasteiger partial charge in [-0.25, -0.2) is 8.78 Å². The minimum atomic E-state index is -3.65. The van der Waals surface area contributed by atoms with E-state index in [4.69, 9.17) is 9.79 Å². The predicted octanol–water partition coefficient (Wildman–Crippen LogP) is 1.47. The lowest BCUT2D eigenvalue weighted by Crippen LogP contribution is -2.24. The maximum atomic E-state index is 13.3. The van der Waals surface area contributed by atoms with Crippen LogP contribution in [0, 0.1) is 11.6 Å². The highest BCUT2D eigenvalue weighted by molar-refractivity contribution is 7.40. The molecule has 6 nitrogen and oxygen atoms in total. The highest BCUT2D eigenvalue weighted by Gasteiger charge is 2.60. The lowest BCUT2D eigenvalue weighted by Gasteiger charge is -2.09. The van der Waals surface area contributed by atoms with E-state index in [1.165, 1.54) is 0 Å². The van der Waals surface area contributed by atoms with Crippen molar-refractivity contribution >= 4 is 16.3 Å². The van der Waals surface area contributed by atoms with Gasteiger partial charge in [-0.3, -0.25) is 0 Å². The monoisotopic (exact) mass is 286 g/mol. The normalized spacial score (nSPS) is 16.3. The molecule has 0 saturated heterocycles.